The minimum atomic E-state index is 0.567. The topological polar surface area (TPSA) is 41.8 Å². The molecule has 1 aromatic rings. The Hall–Kier alpha value is -0.670. The Balaban J connectivity index is 2.72. The molecule has 0 aromatic carbocycles. The maximum Gasteiger partial charge on any atom is 0.108 e. The van der Waals surface area contributed by atoms with Gasteiger partial charge in [0.05, 0.1) is 0 Å². The van der Waals surface area contributed by atoms with Crippen LogP contribution in [0.15, 0.2) is 0 Å². The van der Waals surface area contributed by atoms with Gasteiger partial charge in [-0.05, 0) is 37.3 Å². The summed E-state index contributed by atoms with van der Waals surface area (Å²) in [6.45, 7) is 2.66. The molecule has 1 heterocycles. The number of aromatic nitrogens is 1. The monoisotopic (exact) mass is 194 g/mol. The molecule has 3 heteroatoms. The summed E-state index contributed by atoms with van der Waals surface area (Å²) in [5.74, 6) is 0. The summed E-state index contributed by atoms with van der Waals surface area (Å²) in [7, 11) is 0. The number of aryl methyl sites for hydroxylation is 1. The van der Waals surface area contributed by atoms with Crippen LogP contribution in [0.25, 0.3) is 0 Å². The van der Waals surface area contributed by atoms with Crippen LogP contribution in [0.5, 0.6) is 0 Å². The third-order valence-corrected chi connectivity index (χ3v) is 3.16. The second-order valence-electron chi connectivity index (χ2n) is 3.57. The van der Waals surface area contributed by atoms with Gasteiger partial charge in [0, 0.05) is 17.8 Å². The molecule has 0 saturated carbocycles. The lowest BCUT2D eigenvalue weighted by atomic mass is 10.0. The van der Waals surface area contributed by atoms with Crippen molar-refractivity contribution in [3.8, 4) is 0 Å². The van der Waals surface area contributed by atoms with Crippen molar-refractivity contribution >= 4 is 12.2 Å². The highest BCUT2D eigenvalue weighted by atomic mass is 32.1. The van der Waals surface area contributed by atoms with Crippen molar-refractivity contribution in [1.29, 1.82) is 0 Å². The summed E-state index contributed by atoms with van der Waals surface area (Å²) in [5.41, 5.74) is 11.0. The van der Waals surface area contributed by atoms with Gasteiger partial charge in [0.15, 0.2) is 0 Å². The van der Waals surface area contributed by atoms with Gasteiger partial charge in [-0.3, -0.25) is 0 Å². The molecule has 0 unspecified atom stereocenters. The van der Waals surface area contributed by atoms with Gasteiger partial charge in [0.2, 0.25) is 0 Å². The molecule has 0 spiro atoms. The molecule has 3 N–H and O–H groups in total. The van der Waals surface area contributed by atoms with E-state index in [1.54, 1.807) is 0 Å². The van der Waals surface area contributed by atoms with Crippen LogP contribution < -0.4 is 5.73 Å². The number of hydrogen-bond donors (Lipinski definition) is 2. The van der Waals surface area contributed by atoms with Gasteiger partial charge in [0.25, 0.3) is 0 Å². The van der Waals surface area contributed by atoms with Crippen LogP contribution in [0.1, 0.15) is 28.8 Å². The van der Waals surface area contributed by atoms with Gasteiger partial charge < -0.3 is 10.7 Å². The molecular formula is C10H14N2S. The number of nitrogens with two attached hydrogens (primary N) is 1. The van der Waals surface area contributed by atoms with E-state index in [0.29, 0.717) is 6.54 Å². The van der Waals surface area contributed by atoms with Crippen LogP contribution in [-0.4, -0.2) is 4.98 Å². The molecule has 0 aliphatic heterocycles. The molecule has 0 radical (unpaired) electrons. The van der Waals surface area contributed by atoms with Gasteiger partial charge >= 0.3 is 0 Å². The number of aromatic amines is 1. The summed E-state index contributed by atoms with van der Waals surface area (Å²) < 4.78 is 0.834. The molecule has 1 aliphatic rings. The summed E-state index contributed by atoms with van der Waals surface area (Å²) in [5, 5.41) is 0. The average molecular weight is 194 g/mol. The number of fused-ring (bicyclic) bond motifs is 1. The van der Waals surface area contributed by atoms with Gasteiger partial charge in [-0.15, -0.1) is 0 Å². The predicted molar refractivity (Wildman–Crippen MR) is 56.3 cm³/mol. The van der Waals surface area contributed by atoms with Crippen LogP contribution in [0, 0.1) is 11.6 Å². The Morgan fingerprint density at radius 2 is 2.08 bits per heavy atom. The van der Waals surface area contributed by atoms with Crippen molar-refractivity contribution in [2.45, 2.75) is 32.7 Å². The summed E-state index contributed by atoms with van der Waals surface area (Å²) in [6.07, 6.45) is 3.58. The maximum atomic E-state index is 5.69. The third kappa shape index (κ3) is 1.32. The smallest absolute Gasteiger partial charge is 0.108 e. The van der Waals surface area contributed by atoms with E-state index in [1.807, 2.05) is 0 Å². The first kappa shape index (κ1) is 8.91. The van der Waals surface area contributed by atoms with E-state index in [-0.39, 0.29) is 0 Å². The van der Waals surface area contributed by atoms with Crippen molar-refractivity contribution in [3.05, 3.63) is 27.0 Å². The molecule has 70 valence electrons. The van der Waals surface area contributed by atoms with Crippen molar-refractivity contribution in [3.63, 3.8) is 0 Å². The van der Waals surface area contributed by atoms with E-state index in [0.717, 1.165) is 16.6 Å². The third-order valence-electron chi connectivity index (χ3n) is 2.81. The number of hydrogen-bond acceptors (Lipinski definition) is 2. The fourth-order valence-corrected chi connectivity index (χ4v) is 2.52. The number of rotatable bonds is 1. The Bertz CT molecular complexity index is 393. The van der Waals surface area contributed by atoms with E-state index >= 15 is 0 Å². The van der Waals surface area contributed by atoms with Gasteiger partial charge in [-0.2, -0.15) is 0 Å². The Morgan fingerprint density at radius 3 is 2.77 bits per heavy atom. The standard InChI is InChI=1S/C10H14N2S/c1-6-7-3-2-4-8(7)9(5-11)10(13)12-6/h2-5,11H2,1H3,(H,12,13). The SMILES string of the molecule is Cc1[nH]c(=S)c(CN)c2c1CCC2. The molecular weight excluding hydrogens is 180 g/mol. The molecule has 0 amide bonds. The minimum Gasteiger partial charge on any atom is -0.350 e. The second-order valence-corrected chi connectivity index (χ2v) is 3.98. The zero-order valence-corrected chi connectivity index (χ0v) is 8.63. The Kier molecular flexibility index (Phi) is 2.22. The molecule has 0 bridgehead atoms. The first-order valence-electron chi connectivity index (χ1n) is 4.67. The fourth-order valence-electron chi connectivity index (χ4n) is 2.16. The summed E-state index contributed by atoms with van der Waals surface area (Å²) in [6, 6.07) is 0. The van der Waals surface area contributed by atoms with E-state index in [4.69, 9.17) is 18.0 Å². The Labute approximate surface area is 83.2 Å². The largest absolute Gasteiger partial charge is 0.350 e. The number of nitrogens with one attached hydrogen (secondary N) is 1. The zero-order valence-electron chi connectivity index (χ0n) is 7.81. The molecule has 2 nitrogen and oxygen atoms in total. The number of H-pyrrole nitrogens is 1. The highest BCUT2D eigenvalue weighted by molar-refractivity contribution is 7.71. The van der Waals surface area contributed by atoms with Crippen LogP contribution >= 0.6 is 12.2 Å². The van der Waals surface area contributed by atoms with Crippen LogP contribution in [0.2, 0.25) is 0 Å². The minimum absolute atomic E-state index is 0.567. The quantitative estimate of drug-likeness (QED) is 0.671. The van der Waals surface area contributed by atoms with Gasteiger partial charge in [-0.1, -0.05) is 12.2 Å². The highest BCUT2D eigenvalue weighted by Crippen LogP contribution is 2.27. The lowest BCUT2D eigenvalue weighted by molar-refractivity contribution is 0.901. The molecule has 2 rings (SSSR count). The van der Waals surface area contributed by atoms with Crippen LogP contribution in [-0.2, 0) is 19.4 Å². The predicted octanol–water partition coefficient (Wildman–Crippen LogP) is 2.00. The van der Waals surface area contributed by atoms with E-state index in [2.05, 4.69) is 11.9 Å². The second kappa shape index (κ2) is 3.24. The lowest BCUT2D eigenvalue weighted by Crippen LogP contribution is -2.05. The first-order valence-corrected chi connectivity index (χ1v) is 5.08. The first-order chi connectivity index (χ1) is 6.24. The van der Waals surface area contributed by atoms with Gasteiger partial charge in [0.1, 0.15) is 4.64 Å². The normalized spacial score (nSPS) is 14.6. The van der Waals surface area contributed by atoms with E-state index < -0.39 is 0 Å². The molecule has 0 atom stereocenters. The van der Waals surface area contributed by atoms with E-state index in [9.17, 15) is 0 Å². The zero-order chi connectivity index (χ0) is 9.42. The molecule has 1 aliphatic carbocycles. The highest BCUT2D eigenvalue weighted by Gasteiger charge is 2.17. The Morgan fingerprint density at radius 1 is 1.38 bits per heavy atom. The van der Waals surface area contributed by atoms with Gasteiger partial charge in [-0.25, -0.2) is 0 Å². The van der Waals surface area contributed by atoms with Crippen molar-refractivity contribution in [2.75, 3.05) is 0 Å². The van der Waals surface area contributed by atoms with Crippen molar-refractivity contribution < 1.29 is 0 Å². The fraction of sp³-hybridized carbons (Fsp3) is 0.500. The van der Waals surface area contributed by atoms with Crippen molar-refractivity contribution in [1.82, 2.24) is 4.98 Å². The average Bonchev–Trinajstić information content (AvgIpc) is 2.53. The molecule has 0 saturated heterocycles. The number of pyridine rings is 1. The van der Waals surface area contributed by atoms with E-state index in [1.165, 1.54) is 29.7 Å². The summed E-state index contributed by atoms with van der Waals surface area (Å²) >= 11 is 5.24. The maximum absolute atomic E-state index is 5.69. The van der Waals surface area contributed by atoms with Crippen LogP contribution in [0.3, 0.4) is 0 Å². The molecule has 1 aromatic heterocycles. The lowest BCUT2D eigenvalue weighted by Gasteiger charge is -2.09. The molecule has 13 heavy (non-hydrogen) atoms. The summed E-state index contributed by atoms with van der Waals surface area (Å²) in [4.78, 5) is 3.22. The van der Waals surface area contributed by atoms with Crippen molar-refractivity contribution in [2.24, 2.45) is 5.73 Å². The molecule has 0 fully saturated rings. The van der Waals surface area contributed by atoms with Crippen LogP contribution in [0.4, 0.5) is 0 Å².